The summed E-state index contributed by atoms with van der Waals surface area (Å²) in [4.78, 5) is 21.8. The second kappa shape index (κ2) is 9.70. The number of carbonyl (C=O) groups excluding carboxylic acids is 1. The zero-order valence-electron chi connectivity index (χ0n) is 17.7. The third-order valence-corrected chi connectivity index (χ3v) is 5.22. The smallest absolute Gasteiger partial charge is 0.263 e. The molecule has 5 heteroatoms. The predicted octanol–water partition coefficient (Wildman–Crippen LogP) is 3.68. The van der Waals surface area contributed by atoms with Gasteiger partial charge >= 0.3 is 0 Å². The van der Waals surface area contributed by atoms with Crippen molar-refractivity contribution in [3.8, 4) is 0 Å². The third-order valence-electron chi connectivity index (χ3n) is 5.22. The van der Waals surface area contributed by atoms with Gasteiger partial charge in [-0.3, -0.25) is 9.69 Å². The molecule has 1 heterocycles. The van der Waals surface area contributed by atoms with Gasteiger partial charge in [0.2, 0.25) is 0 Å². The fourth-order valence-electron chi connectivity index (χ4n) is 3.35. The maximum atomic E-state index is 12.3. The molecule has 154 valence electrons. The third kappa shape index (κ3) is 6.43. The lowest BCUT2D eigenvalue weighted by Gasteiger charge is -2.34. The zero-order valence-corrected chi connectivity index (χ0v) is 17.7. The Morgan fingerprint density at radius 1 is 1.00 bits per heavy atom. The molecule has 1 aliphatic heterocycles. The monoisotopic (exact) mass is 393 g/mol. The predicted molar refractivity (Wildman–Crippen MR) is 117 cm³/mol. The number of hydrogen-bond donors (Lipinski definition) is 0. The summed E-state index contributed by atoms with van der Waals surface area (Å²) in [5, 5.41) is 3.96. The second-order valence-corrected chi connectivity index (χ2v) is 8.52. The molecular formula is C24H31N3O2. The molecule has 1 fully saturated rings. The van der Waals surface area contributed by atoms with E-state index in [4.69, 9.17) is 4.84 Å². The highest BCUT2D eigenvalue weighted by atomic mass is 16.6. The van der Waals surface area contributed by atoms with Crippen molar-refractivity contribution in [1.29, 1.82) is 0 Å². The van der Waals surface area contributed by atoms with Crippen LogP contribution < -0.4 is 0 Å². The van der Waals surface area contributed by atoms with Gasteiger partial charge in [0, 0.05) is 32.7 Å². The van der Waals surface area contributed by atoms with Gasteiger partial charge in [-0.2, -0.15) is 0 Å². The maximum absolute atomic E-state index is 12.3. The number of carbonyl (C=O) groups is 1. The minimum absolute atomic E-state index is 0.00964. The molecule has 0 N–H and O–H groups in total. The molecule has 2 aromatic rings. The Bertz CT molecular complexity index is 802. The quantitative estimate of drug-likeness (QED) is 0.556. The van der Waals surface area contributed by atoms with Crippen LogP contribution in [0, 0.1) is 0 Å². The van der Waals surface area contributed by atoms with Crippen molar-refractivity contribution in [2.75, 3.05) is 32.8 Å². The van der Waals surface area contributed by atoms with Crippen LogP contribution in [0.25, 0.3) is 0 Å². The molecule has 0 atom stereocenters. The molecule has 1 amide bonds. The topological polar surface area (TPSA) is 45.1 Å². The number of amides is 1. The Morgan fingerprint density at radius 2 is 1.66 bits per heavy atom. The maximum Gasteiger partial charge on any atom is 0.263 e. The highest BCUT2D eigenvalue weighted by Crippen LogP contribution is 2.21. The number of rotatable bonds is 6. The standard InChI is InChI=1S/C24H31N3O2/c1-24(2,3)22-11-9-20(10-12-22)17-25-29-19-23(28)27-15-13-26(14-16-27)18-21-7-5-4-6-8-21/h4-12,17H,13-16,18-19H2,1-3H3/b25-17-. The first-order valence-electron chi connectivity index (χ1n) is 10.2. The lowest BCUT2D eigenvalue weighted by atomic mass is 9.87. The van der Waals surface area contributed by atoms with Gasteiger partial charge in [-0.05, 0) is 22.1 Å². The van der Waals surface area contributed by atoms with Crippen molar-refractivity contribution in [2.24, 2.45) is 5.16 Å². The lowest BCUT2D eigenvalue weighted by molar-refractivity contribution is -0.137. The molecule has 0 spiro atoms. The van der Waals surface area contributed by atoms with Crippen LogP contribution in [-0.2, 0) is 21.6 Å². The van der Waals surface area contributed by atoms with Gasteiger partial charge in [0.25, 0.3) is 5.91 Å². The van der Waals surface area contributed by atoms with E-state index in [1.54, 1.807) is 6.21 Å². The molecule has 0 aromatic heterocycles. The van der Waals surface area contributed by atoms with Crippen molar-refractivity contribution in [3.63, 3.8) is 0 Å². The van der Waals surface area contributed by atoms with E-state index in [2.05, 4.69) is 67.2 Å². The van der Waals surface area contributed by atoms with Crippen LogP contribution in [0.5, 0.6) is 0 Å². The Morgan fingerprint density at radius 3 is 2.28 bits per heavy atom. The van der Waals surface area contributed by atoms with E-state index >= 15 is 0 Å². The zero-order chi connectivity index (χ0) is 20.7. The molecule has 0 bridgehead atoms. The van der Waals surface area contributed by atoms with Crippen molar-refractivity contribution in [1.82, 2.24) is 9.80 Å². The summed E-state index contributed by atoms with van der Waals surface area (Å²) in [6, 6.07) is 18.7. The number of benzene rings is 2. The van der Waals surface area contributed by atoms with Crippen LogP contribution in [0.2, 0.25) is 0 Å². The number of oxime groups is 1. The highest BCUT2D eigenvalue weighted by molar-refractivity contribution is 5.80. The molecule has 0 saturated carbocycles. The summed E-state index contributed by atoms with van der Waals surface area (Å²) < 4.78 is 0. The van der Waals surface area contributed by atoms with E-state index in [9.17, 15) is 4.79 Å². The van der Waals surface area contributed by atoms with E-state index in [0.717, 1.165) is 38.3 Å². The number of piperazine rings is 1. The average molecular weight is 394 g/mol. The SMILES string of the molecule is CC(C)(C)c1ccc(/C=N\OCC(=O)N2CCN(Cc3ccccc3)CC2)cc1. The molecule has 0 radical (unpaired) electrons. The minimum atomic E-state index is -0.0186. The molecule has 3 rings (SSSR count). The fourth-order valence-corrected chi connectivity index (χ4v) is 3.35. The van der Waals surface area contributed by atoms with Crippen molar-refractivity contribution < 1.29 is 9.63 Å². The van der Waals surface area contributed by atoms with Gasteiger partial charge in [0.1, 0.15) is 0 Å². The van der Waals surface area contributed by atoms with E-state index < -0.39 is 0 Å². The Hall–Kier alpha value is -2.66. The molecule has 2 aromatic carbocycles. The molecule has 0 aliphatic carbocycles. The van der Waals surface area contributed by atoms with Gasteiger partial charge in [0.05, 0.1) is 6.21 Å². The molecule has 0 unspecified atom stereocenters. The summed E-state index contributed by atoms with van der Waals surface area (Å²) in [6.45, 7) is 10.7. The number of nitrogens with zero attached hydrogens (tertiary/aromatic N) is 3. The van der Waals surface area contributed by atoms with Gasteiger partial charge in [-0.1, -0.05) is 80.5 Å². The summed E-state index contributed by atoms with van der Waals surface area (Å²) in [7, 11) is 0. The molecule has 5 nitrogen and oxygen atoms in total. The first kappa shape index (κ1) is 21.1. The number of hydrogen-bond acceptors (Lipinski definition) is 4. The van der Waals surface area contributed by atoms with Crippen molar-refractivity contribution in [3.05, 3.63) is 71.3 Å². The van der Waals surface area contributed by atoms with E-state index in [-0.39, 0.29) is 17.9 Å². The Labute approximate surface area is 174 Å². The van der Waals surface area contributed by atoms with Crippen LogP contribution >= 0.6 is 0 Å². The minimum Gasteiger partial charge on any atom is -0.386 e. The summed E-state index contributed by atoms with van der Waals surface area (Å²) in [5.74, 6) is -0.00964. The molecular weight excluding hydrogens is 362 g/mol. The molecule has 29 heavy (non-hydrogen) atoms. The lowest BCUT2D eigenvalue weighted by Crippen LogP contribution is -2.49. The van der Waals surface area contributed by atoms with E-state index in [1.165, 1.54) is 11.1 Å². The second-order valence-electron chi connectivity index (χ2n) is 8.52. The fraction of sp³-hybridized carbons (Fsp3) is 0.417. The van der Waals surface area contributed by atoms with Gasteiger partial charge < -0.3 is 9.74 Å². The van der Waals surface area contributed by atoms with Gasteiger partial charge in [-0.15, -0.1) is 0 Å². The van der Waals surface area contributed by atoms with Crippen molar-refractivity contribution in [2.45, 2.75) is 32.7 Å². The van der Waals surface area contributed by atoms with Crippen LogP contribution in [0.3, 0.4) is 0 Å². The first-order chi connectivity index (χ1) is 13.9. The highest BCUT2D eigenvalue weighted by Gasteiger charge is 2.21. The average Bonchev–Trinajstić information content (AvgIpc) is 2.72. The van der Waals surface area contributed by atoms with Crippen LogP contribution in [0.15, 0.2) is 59.8 Å². The Balaban J connectivity index is 1.38. The van der Waals surface area contributed by atoms with Gasteiger partial charge in [-0.25, -0.2) is 0 Å². The summed E-state index contributed by atoms with van der Waals surface area (Å²) in [5.41, 5.74) is 3.67. The summed E-state index contributed by atoms with van der Waals surface area (Å²) >= 11 is 0. The first-order valence-corrected chi connectivity index (χ1v) is 10.2. The van der Waals surface area contributed by atoms with Gasteiger partial charge in [0.15, 0.2) is 6.61 Å². The normalized spacial score (nSPS) is 15.6. The molecule has 1 aliphatic rings. The van der Waals surface area contributed by atoms with Crippen LogP contribution in [-0.4, -0.2) is 54.7 Å². The van der Waals surface area contributed by atoms with E-state index in [1.807, 2.05) is 23.1 Å². The van der Waals surface area contributed by atoms with Crippen LogP contribution in [0.4, 0.5) is 0 Å². The molecule has 1 saturated heterocycles. The van der Waals surface area contributed by atoms with Crippen LogP contribution in [0.1, 0.15) is 37.5 Å². The van der Waals surface area contributed by atoms with E-state index in [0.29, 0.717) is 0 Å². The van der Waals surface area contributed by atoms with Crippen molar-refractivity contribution >= 4 is 12.1 Å². The Kier molecular flexibility index (Phi) is 7.04. The largest absolute Gasteiger partial charge is 0.386 e. The summed E-state index contributed by atoms with van der Waals surface area (Å²) in [6.07, 6.45) is 1.65.